The first-order valence-electron chi connectivity index (χ1n) is 6.55. The van der Waals surface area contributed by atoms with Crippen molar-refractivity contribution in [3.8, 4) is 0 Å². The molecule has 2 aromatic carbocycles. The number of carbonyl (C=O) groups excluding carboxylic acids is 1. The predicted molar refractivity (Wildman–Crippen MR) is 86.5 cm³/mol. The zero-order valence-electron chi connectivity index (χ0n) is 12.0. The topological polar surface area (TPSA) is 110 Å². The highest BCUT2D eigenvalue weighted by Gasteiger charge is 2.08. The van der Waals surface area contributed by atoms with Gasteiger partial charge >= 0.3 is 0 Å². The number of hydrogen-bond donors (Lipinski definition) is 2. The fourth-order valence-corrected chi connectivity index (χ4v) is 2.35. The van der Waals surface area contributed by atoms with Gasteiger partial charge in [0.05, 0.1) is 4.90 Å². The molecule has 3 rings (SSSR count). The standard InChI is InChI=1S/C10H8O3S.C6H6N2O/c11-14(12,13)10-6-5-8-3-1-2-4-9(8)7-10;7-6(9)5-3-1-2-4-8-5/h1-7H,(H,11,12,13);1-4H,(H2,7,9). The molecule has 0 saturated heterocycles. The average Bonchev–Trinajstić information content (AvgIpc) is 2.55. The van der Waals surface area contributed by atoms with Crippen LogP contribution in [0.2, 0.25) is 0 Å². The minimum absolute atomic E-state index is 0.0730. The lowest BCUT2D eigenvalue weighted by molar-refractivity contribution is 0.0995. The highest BCUT2D eigenvalue weighted by Crippen LogP contribution is 2.18. The molecule has 1 heterocycles. The van der Waals surface area contributed by atoms with Crippen molar-refractivity contribution >= 4 is 26.8 Å². The molecule has 23 heavy (non-hydrogen) atoms. The van der Waals surface area contributed by atoms with Gasteiger partial charge in [-0.25, -0.2) is 0 Å². The zero-order valence-corrected chi connectivity index (χ0v) is 12.8. The van der Waals surface area contributed by atoms with E-state index in [9.17, 15) is 13.2 Å². The van der Waals surface area contributed by atoms with Crippen molar-refractivity contribution in [2.45, 2.75) is 4.90 Å². The lowest BCUT2D eigenvalue weighted by atomic mass is 10.1. The van der Waals surface area contributed by atoms with Crippen LogP contribution in [-0.4, -0.2) is 23.9 Å². The Labute approximate surface area is 133 Å². The van der Waals surface area contributed by atoms with Gasteiger partial charge in [-0.2, -0.15) is 8.42 Å². The minimum Gasteiger partial charge on any atom is -0.364 e. The highest BCUT2D eigenvalue weighted by molar-refractivity contribution is 7.85. The predicted octanol–water partition coefficient (Wildman–Crippen LogP) is 2.27. The van der Waals surface area contributed by atoms with E-state index in [0.717, 1.165) is 10.8 Å². The Balaban J connectivity index is 0.000000185. The van der Waals surface area contributed by atoms with Crippen LogP contribution < -0.4 is 5.73 Å². The summed E-state index contributed by atoms with van der Waals surface area (Å²) in [6.07, 6.45) is 1.53. The summed E-state index contributed by atoms with van der Waals surface area (Å²) in [5.41, 5.74) is 5.22. The largest absolute Gasteiger partial charge is 0.364 e. The summed E-state index contributed by atoms with van der Waals surface area (Å²) in [6, 6.07) is 16.9. The first kappa shape index (κ1) is 16.6. The number of rotatable bonds is 2. The van der Waals surface area contributed by atoms with Gasteiger partial charge in [-0.05, 0) is 35.0 Å². The Morgan fingerprint density at radius 3 is 2.13 bits per heavy atom. The van der Waals surface area contributed by atoms with E-state index in [0.29, 0.717) is 5.69 Å². The lowest BCUT2D eigenvalue weighted by Gasteiger charge is -1.99. The number of primary amides is 1. The van der Waals surface area contributed by atoms with Crippen molar-refractivity contribution in [3.63, 3.8) is 0 Å². The molecule has 0 aliphatic rings. The van der Waals surface area contributed by atoms with Crippen LogP contribution in [0.1, 0.15) is 10.5 Å². The smallest absolute Gasteiger partial charge is 0.294 e. The maximum absolute atomic E-state index is 10.8. The molecule has 0 atom stereocenters. The van der Waals surface area contributed by atoms with E-state index in [2.05, 4.69) is 4.98 Å². The van der Waals surface area contributed by atoms with E-state index >= 15 is 0 Å². The van der Waals surface area contributed by atoms with Gasteiger partial charge in [0.15, 0.2) is 0 Å². The SMILES string of the molecule is NC(=O)c1ccccn1.O=S(=O)(O)c1ccc2ccccc2c1. The number of amides is 1. The van der Waals surface area contributed by atoms with Gasteiger partial charge in [0, 0.05) is 6.20 Å². The first-order chi connectivity index (χ1) is 10.9. The van der Waals surface area contributed by atoms with Crippen molar-refractivity contribution in [1.82, 2.24) is 4.98 Å². The van der Waals surface area contributed by atoms with Gasteiger partial charge in [0.2, 0.25) is 0 Å². The normalized spacial score (nSPS) is 10.7. The summed E-state index contributed by atoms with van der Waals surface area (Å²) in [6.45, 7) is 0. The molecule has 0 unspecified atom stereocenters. The Morgan fingerprint density at radius 1 is 0.957 bits per heavy atom. The summed E-state index contributed by atoms with van der Waals surface area (Å²) in [5.74, 6) is -0.490. The molecule has 3 N–H and O–H groups in total. The molecule has 0 saturated carbocycles. The molecule has 0 fully saturated rings. The van der Waals surface area contributed by atoms with Crippen LogP contribution in [0.5, 0.6) is 0 Å². The van der Waals surface area contributed by atoms with Gasteiger partial charge < -0.3 is 5.73 Å². The van der Waals surface area contributed by atoms with Gasteiger partial charge in [-0.3, -0.25) is 14.3 Å². The van der Waals surface area contributed by atoms with Crippen LogP contribution >= 0.6 is 0 Å². The van der Waals surface area contributed by atoms with Crippen LogP contribution in [0, 0.1) is 0 Å². The molecule has 1 aromatic heterocycles. The second-order valence-electron chi connectivity index (χ2n) is 4.56. The molecule has 0 aliphatic carbocycles. The summed E-state index contributed by atoms with van der Waals surface area (Å²) < 4.78 is 30.5. The fourth-order valence-electron chi connectivity index (χ4n) is 1.84. The third-order valence-electron chi connectivity index (χ3n) is 2.94. The number of nitrogens with two attached hydrogens (primary N) is 1. The van der Waals surface area contributed by atoms with Crippen LogP contribution in [-0.2, 0) is 10.1 Å². The first-order valence-corrected chi connectivity index (χ1v) is 7.99. The number of fused-ring (bicyclic) bond motifs is 1. The molecule has 6 nitrogen and oxygen atoms in total. The van der Waals surface area contributed by atoms with Gasteiger partial charge in [0.25, 0.3) is 16.0 Å². The molecule has 0 radical (unpaired) electrons. The second kappa shape index (κ2) is 6.99. The van der Waals surface area contributed by atoms with Crippen molar-refractivity contribution in [2.75, 3.05) is 0 Å². The monoisotopic (exact) mass is 330 g/mol. The molecule has 3 aromatic rings. The van der Waals surface area contributed by atoms with Crippen LogP contribution in [0.15, 0.2) is 71.8 Å². The average molecular weight is 330 g/mol. The van der Waals surface area contributed by atoms with Crippen molar-refractivity contribution in [2.24, 2.45) is 5.73 Å². The van der Waals surface area contributed by atoms with E-state index in [1.165, 1.54) is 18.3 Å². The lowest BCUT2D eigenvalue weighted by Crippen LogP contribution is -2.12. The summed E-state index contributed by atoms with van der Waals surface area (Å²) in [4.78, 5) is 14.0. The maximum atomic E-state index is 10.8. The van der Waals surface area contributed by atoms with Crippen molar-refractivity contribution in [3.05, 3.63) is 72.6 Å². The van der Waals surface area contributed by atoms with E-state index in [1.54, 1.807) is 30.3 Å². The van der Waals surface area contributed by atoms with Gasteiger partial charge in [-0.15, -0.1) is 0 Å². The van der Waals surface area contributed by atoms with E-state index in [1.807, 2.05) is 18.2 Å². The number of pyridine rings is 1. The van der Waals surface area contributed by atoms with Crippen LogP contribution in [0.3, 0.4) is 0 Å². The Hall–Kier alpha value is -2.77. The molecule has 0 spiro atoms. The Kier molecular flexibility index (Phi) is 5.05. The molecule has 0 aliphatic heterocycles. The number of aromatic nitrogens is 1. The van der Waals surface area contributed by atoms with Crippen molar-refractivity contribution in [1.29, 1.82) is 0 Å². The third kappa shape index (κ3) is 4.60. The van der Waals surface area contributed by atoms with E-state index in [4.69, 9.17) is 10.3 Å². The molecular formula is C16H14N2O4S. The summed E-state index contributed by atoms with van der Waals surface area (Å²) in [7, 11) is -4.09. The van der Waals surface area contributed by atoms with E-state index in [-0.39, 0.29) is 4.90 Å². The quantitative estimate of drug-likeness (QED) is 0.700. The van der Waals surface area contributed by atoms with Crippen LogP contribution in [0.4, 0.5) is 0 Å². The summed E-state index contributed by atoms with van der Waals surface area (Å²) >= 11 is 0. The Bertz CT molecular complexity index is 925. The number of nitrogens with zero attached hydrogens (tertiary/aromatic N) is 1. The molecule has 1 amide bonds. The number of benzene rings is 2. The number of hydrogen-bond acceptors (Lipinski definition) is 4. The summed E-state index contributed by atoms with van der Waals surface area (Å²) in [5, 5.41) is 1.74. The minimum atomic E-state index is -4.09. The second-order valence-corrected chi connectivity index (χ2v) is 5.98. The zero-order chi connectivity index (χ0) is 16.9. The molecule has 118 valence electrons. The molecule has 0 bridgehead atoms. The van der Waals surface area contributed by atoms with Gasteiger partial charge in [-0.1, -0.05) is 36.4 Å². The van der Waals surface area contributed by atoms with Gasteiger partial charge in [0.1, 0.15) is 5.69 Å². The third-order valence-corrected chi connectivity index (χ3v) is 3.79. The van der Waals surface area contributed by atoms with Crippen LogP contribution in [0.25, 0.3) is 10.8 Å². The molecular weight excluding hydrogens is 316 g/mol. The molecule has 7 heteroatoms. The fraction of sp³-hybridized carbons (Fsp3) is 0. The maximum Gasteiger partial charge on any atom is 0.294 e. The highest BCUT2D eigenvalue weighted by atomic mass is 32.2. The van der Waals surface area contributed by atoms with Crippen molar-refractivity contribution < 1.29 is 17.8 Å². The Morgan fingerprint density at radius 2 is 1.61 bits per heavy atom. The number of carbonyl (C=O) groups is 1. The van der Waals surface area contributed by atoms with E-state index < -0.39 is 16.0 Å².